The van der Waals surface area contributed by atoms with Crippen molar-refractivity contribution >= 4 is 50.0 Å². The number of aromatic amines is 2. The number of carbonyl (C=O) groups excluding carboxylic acids is 2. The average molecular weight is 574 g/mol. The Morgan fingerprint density at radius 1 is 1.18 bits per heavy atom. The summed E-state index contributed by atoms with van der Waals surface area (Å²) in [6.07, 6.45) is 9.22. The molecule has 4 N–H and O–H groups in total. The fourth-order valence-corrected chi connectivity index (χ4v) is 5.46. The van der Waals surface area contributed by atoms with E-state index >= 15 is 0 Å². The van der Waals surface area contributed by atoms with Crippen LogP contribution >= 0.6 is 15.9 Å². The fraction of sp³-hybridized carbons (Fsp3) is 0.222. The van der Waals surface area contributed by atoms with Gasteiger partial charge in [-0.1, -0.05) is 12.1 Å². The highest BCUT2D eigenvalue weighted by molar-refractivity contribution is 9.10. The smallest absolute Gasteiger partial charge is 0.275 e. The van der Waals surface area contributed by atoms with Gasteiger partial charge in [0, 0.05) is 34.1 Å². The number of halogens is 1. The lowest BCUT2D eigenvalue weighted by atomic mass is 9.71. The van der Waals surface area contributed by atoms with E-state index in [0.717, 1.165) is 45.9 Å². The molecule has 1 fully saturated rings. The number of amides is 2. The van der Waals surface area contributed by atoms with Crippen molar-refractivity contribution in [2.45, 2.75) is 38.1 Å². The summed E-state index contributed by atoms with van der Waals surface area (Å²) in [5, 5.41) is 11.2. The second kappa shape index (κ2) is 9.25. The maximum Gasteiger partial charge on any atom is 0.275 e. The van der Waals surface area contributed by atoms with Crippen LogP contribution in [0.3, 0.4) is 0 Å². The molecule has 1 aromatic carbocycles. The van der Waals surface area contributed by atoms with E-state index in [2.05, 4.69) is 46.6 Å². The molecule has 0 bridgehead atoms. The number of benzene rings is 1. The second-order valence-electron chi connectivity index (χ2n) is 9.63. The van der Waals surface area contributed by atoms with E-state index in [-0.39, 0.29) is 23.8 Å². The van der Waals surface area contributed by atoms with Gasteiger partial charge in [-0.3, -0.25) is 14.4 Å². The summed E-state index contributed by atoms with van der Waals surface area (Å²) in [7, 11) is 0. The Balaban J connectivity index is 1.17. The van der Waals surface area contributed by atoms with Gasteiger partial charge in [0.05, 0.1) is 17.5 Å². The molecule has 0 radical (unpaired) electrons. The van der Waals surface area contributed by atoms with Crippen molar-refractivity contribution < 1.29 is 9.59 Å². The third-order valence-electron chi connectivity index (χ3n) is 7.29. The molecule has 5 aromatic rings. The molecule has 38 heavy (non-hydrogen) atoms. The first-order valence-corrected chi connectivity index (χ1v) is 13.0. The zero-order chi connectivity index (χ0) is 26.4. The first kappa shape index (κ1) is 24.1. The summed E-state index contributed by atoms with van der Waals surface area (Å²) in [5.41, 5.74) is 3.83. The number of H-pyrrole nitrogens is 2. The highest BCUT2D eigenvalue weighted by Crippen LogP contribution is 2.42. The molecule has 192 valence electrons. The maximum absolute atomic E-state index is 13.3. The molecule has 6 rings (SSSR count). The first-order chi connectivity index (χ1) is 18.3. The van der Waals surface area contributed by atoms with Gasteiger partial charge in [0.25, 0.3) is 11.5 Å². The number of aryl methyl sites for hydroxylation is 1. The number of anilines is 1. The third kappa shape index (κ3) is 4.18. The van der Waals surface area contributed by atoms with Crippen LogP contribution in [0.2, 0.25) is 0 Å². The van der Waals surface area contributed by atoms with E-state index < -0.39 is 5.54 Å². The zero-order valence-electron chi connectivity index (χ0n) is 20.5. The number of aromatic nitrogens is 5. The van der Waals surface area contributed by atoms with Crippen LogP contribution in [0.25, 0.3) is 16.6 Å². The minimum atomic E-state index is -0.496. The number of hydrogen-bond donors (Lipinski definition) is 4. The highest BCUT2D eigenvalue weighted by atomic mass is 79.9. The minimum absolute atomic E-state index is 0.134. The van der Waals surface area contributed by atoms with Gasteiger partial charge in [-0.25, -0.2) is 9.50 Å². The van der Waals surface area contributed by atoms with Gasteiger partial charge in [0.1, 0.15) is 17.5 Å². The molecular weight excluding hydrogens is 550 g/mol. The Bertz CT molecular complexity index is 1760. The van der Waals surface area contributed by atoms with Crippen LogP contribution < -0.4 is 16.2 Å². The molecule has 2 amide bonds. The van der Waals surface area contributed by atoms with E-state index in [4.69, 9.17) is 0 Å². The Morgan fingerprint density at radius 3 is 2.68 bits per heavy atom. The fourth-order valence-electron chi connectivity index (χ4n) is 5.13. The molecule has 10 nitrogen and oxygen atoms in total. The number of rotatable bonds is 6. The molecule has 0 unspecified atom stereocenters. The number of pyridine rings is 1. The molecular formula is C27H24BrN7O3. The van der Waals surface area contributed by atoms with Gasteiger partial charge < -0.3 is 20.6 Å². The van der Waals surface area contributed by atoms with Crippen LogP contribution in [0, 0.1) is 6.92 Å². The van der Waals surface area contributed by atoms with Gasteiger partial charge in [-0.2, -0.15) is 5.10 Å². The van der Waals surface area contributed by atoms with Crippen LogP contribution in [-0.2, 0) is 16.8 Å². The predicted molar refractivity (Wildman–Crippen MR) is 146 cm³/mol. The van der Waals surface area contributed by atoms with Crippen molar-refractivity contribution in [2.75, 3.05) is 5.32 Å². The van der Waals surface area contributed by atoms with Gasteiger partial charge >= 0.3 is 0 Å². The summed E-state index contributed by atoms with van der Waals surface area (Å²) in [6, 6.07) is 9.53. The average Bonchev–Trinajstić information content (AvgIpc) is 3.43. The zero-order valence-corrected chi connectivity index (χ0v) is 22.1. The summed E-state index contributed by atoms with van der Waals surface area (Å²) < 4.78 is 2.28. The Kier molecular flexibility index (Phi) is 5.87. The number of nitrogens with zero attached hydrogens (tertiary/aromatic N) is 3. The van der Waals surface area contributed by atoms with Crippen molar-refractivity contribution in [3.8, 4) is 0 Å². The maximum atomic E-state index is 13.3. The minimum Gasteiger partial charge on any atom is -0.346 e. The molecule has 1 aliphatic carbocycles. The van der Waals surface area contributed by atoms with Crippen molar-refractivity contribution in [1.29, 1.82) is 0 Å². The lowest BCUT2D eigenvalue weighted by Crippen LogP contribution is -2.50. The largest absolute Gasteiger partial charge is 0.346 e. The van der Waals surface area contributed by atoms with E-state index in [9.17, 15) is 14.4 Å². The summed E-state index contributed by atoms with van der Waals surface area (Å²) in [5.74, 6) is -0.380. The van der Waals surface area contributed by atoms with Gasteiger partial charge in [0.2, 0.25) is 5.91 Å². The van der Waals surface area contributed by atoms with Gasteiger partial charge in [0.15, 0.2) is 0 Å². The Morgan fingerprint density at radius 2 is 1.97 bits per heavy atom. The van der Waals surface area contributed by atoms with Crippen LogP contribution in [0.4, 0.5) is 5.69 Å². The second-order valence-corrected chi connectivity index (χ2v) is 10.6. The van der Waals surface area contributed by atoms with E-state index in [1.165, 1.54) is 10.8 Å². The molecule has 0 aliphatic heterocycles. The number of fused-ring (bicyclic) bond motifs is 2. The van der Waals surface area contributed by atoms with Crippen molar-refractivity contribution in [3.05, 3.63) is 92.3 Å². The summed E-state index contributed by atoms with van der Waals surface area (Å²) in [4.78, 5) is 48.2. The molecule has 11 heteroatoms. The number of hydrogen-bond acceptors (Lipinski definition) is 5. The Labute approximate surface area is 225 Å². The van der Waals surface area contributed by atoms with Crippen molar-refractivity contribution in [3.63, 3.8) is 0 Å². The molecule has 1 saturated carbocycles. The van der Waals surface area contributed by atoms with Gasteiger partial charge in [-0.15, -0.1) is 0 Å². The Hall–Kier alpha value is -4.25. The molecule has 0 atom stereocenters. The van der Waals surface area contributed by atoms with Crippen molar-refractivity contribution in [1.82, 2.24) is 29.9 Å². The third-order valence-corrected chi connectivity index (χ3v) is 7.73. The van der Waals surface area contributed by atoms with E-state index in [1.807, 2.05) is 30.3 Å². The molecule has 0 spiro atoms. The van der Waals surface area contributed by atoms with Crippen LogP contribution in [0.1, 0.15) is 46.3 Å². The predicted octanol–water partition coefficient (Wildman–Crippen LogP) is 3.96. The van der Waals surface area contributed by atoms with Crippen LogP contribution in [-0.4, -0.2) is 36.4 Å². The van der Waals surface area contributed by atoms with Crippen molar-refractivity contribution in [2.24, 2.45) is 0 Å². The highest BCUT2D eigenvalue weighted by Gasteiger charge is 2.40. The normalized spacial score (nSPS) is 14.4. The SMILES string of the molecule is Cc1c(C(=O)NC2(c3ccc(NC(=O)Cc4c[nH]c5ncc(Br)cc45)cc3)CCC2)cn2nc[nH]c(=O)c12. The molecule has 4 aromatic heterocycles. The molecule has 1 aliphatic rings. The lowest BCUT2D eigenvalue weighted by molar-refractivity contribution is -0.115. The topological polar surface area (TPSA) is 137 Å². The number of carbonyl (C=O) groups is 2. The quantitative estimate of drug-likeness (QED) is 0.243. The van der Waals surface area contributed by atoms with Crippen LogP contribution in [0.5, 0.6) is 0 Å². The summed E-state index contributed by atoms with van der Waals surface area (Å²) in [6.45, 7) is 1.75. The lowest BCUT2D eigenvalue weighted by Gasteiger charge is -2.43. The first-order valence-electron chi connectivity index (χ1n) is 12.2. The van der Waals surface area contributed by atoms with Crippen LogP contribution in [0.15, 0.2) is 64.5 Å². The van der Waals surface area contributed by atoms with Gasteiger partial charge in [-0.05, 0) is 77.0 Å². The summed E-state index contributed by atoms with van der Waals surface area (Å²) >= 11 is 3.43. The van der Waals surface area contributed by atoms with E-state index in [0.29, 0.717) is 22.3 Å². The standard InChI is InChI=1S/C27H24BrN7O3/c1-15-21(13-35-23(15)26(38)31-14-32-35)25(37)34-27(7-2-8-27)17-3-5-19(6-4-17)33-22(36)9-16-11-29-24-20(16)10-18(28)12-30-24/h3-6,10-14H,2,7-9H2,1H3,(H,29,30)(H,33,36)(H,34,37)(H,31,32,38). The molecule has 0 saturated heterocycles. The monoisotopic (exact) mass is 573 g/mol. The van der Waals surface area contributed by atoms with E-state index in [1.54, 1.807) is 25.5 Å². The molecule has 4 heterocycles. The number of nitrogens with one attached hydrogen (secondary N) is 4.